The van der Waals surface area contributed by atoms with Crippen molar-refractivity contribution >= 4 is 28.1 Å². The summed E-state index contributed by atoms with van der Waals surface area (Å²) < 4.78 is 3.12. The highest BCUT2D eigenvalue weighted by Crippen LogP contribution is 2.20. The Balaban J connectivity index is 1.78. The first-order valence-electron chi connectivity index (χ1n) is 8.30. The monoisotopic (exact) mass is 409 g/mol. The summed E-state index contributed by atoms with van der Waals surface area (Å²) in [6.07, 6.45) is 1.69. The summed E-state index contributed by atoms with van der Waals surface area (Å²) in [6.45, 7) is 6.19. The van der Waals surface area contributed by atoms with Gasteiger partial charge in [-0.2, -0.15) is 5.10 Å². The Hall–Kier alpha value is -2.66. The van der Waals surface area contributed by atoms with Crippen molar-refractivity contribution in [3.8, 4) is 5.69 Å². The summed E-state index contributed by atoms with van der Waals surface area (Å²) in [4.78, 5) is 12.1. The number of benzene rings is 2. The SMILES string of the molecule is Cc1cccc(-n2c(C)cc(/C=N\NC(=O)c3ccc(Br)cc3)c2C)c1. The first-order chi connectivity index (χ1) is 12.5. The van der Waals surface area contributed by atoms with E-state index in [-0.39, 0.29) is 5.91 Å². The Morgan fingerprint density at radius 3 is 2.50 bits per heavy atom. The van der Waals surface area contributed by atoms with E-state index < -0.39 is 0 Å². The van der Waals surface area contributed by atoms with Gasteiger partial charge in [0.05, 0.1) is 6.21 Å². The van der Waals surface area contributed by atoms with Gasteiger partial charge in [-0.3, -0.25) is 4.79 Å². The predicted molar refractivity (Wildman–Crippen MR) is 109 cm³/mol. The summed E-state index contributed by atoms with van der Waals surface area (Å²) in [5.41, 5.74) is 8.65. The molecule has 0 saturated heterocycles. The number of carbonyl (C=O) groups excluding carboxylic acids is 1. The van der Waals surface area contributed by atoms with Crippen molar-refractivity contribution in [2.75, 3.05) is 0 Å². The fourth-order valence-corrected chi connectivity index (χ4v) is 3.17. The lowest BCUT2D eigenvalue weighted by atomic mass is 10.2. The number of rotatable bonds is 4. The molecule has 0 fully saturated rings. The van der Waals surface area contributed by atoms with E-state index in [9.17, 15) is 4.79 Å². The number of aryl methyl sites for hydroxylation is 2. The van der Waals surface area contributed by atoms with Gasteiger partial charge in [-0.25, -0.2) is 5.43 Å². The van der Waals surface area contributed by atoms with Crippen molar-refractivity contribution in [3.05, 3.63) is 87.1 Å². The van der Waals surface area contributed by atoms with E-state index in [0.717, 1.165) is 27.1 Å². The molecule has 1 amide bonds. The van der Waals surface area contributed by atoms with Crippen molar-refractivity contribution in [3.63, 3.8) is 0 Å². The van der Waals surface area contributed by atoms with E-state index >= 15 is 0 Å². The van der Waals surface area contributed by atoms with Crippen LogP contribution < -0.4 is 5.43 Å². The van der Waals surface area contributed by atoms with Crippen LogP contribution >= 0.6 is 15.9 Å². The molecule has 3 aromatic rings. The van der Waals surface area contributed by atoms with Crippen molar-refractivity contribution in [2.24, 2.45) is 5.10 Å². The average Bonchev–Trinajstić information content (AvgIpc) is 2.89. The third-order valence-electron chi connectivity index (χ3n) is 4.21. The lowest BCUT2D eigenvalue weighted by Gasteiger charge is -2.10. The van der Waals surface area contributed by atoms with E-state index in [1.165, 1.54) is 5.56 Å². The zero-order valence-electron chi connectivity index (χ0n) is 15.0. The summed E-state index contributed by atoms with van der Waals surface area (Å²) >= 11 is 3.35. The molecule has 1 aromatic heterocycles. The molecule has 0 spiro atoms. The van der Waals surface area contributed by atoms with Crippen LogP contribution in [0.25, 0.3) is 5.69 Å². The highest BCUT2D eigenvalue weighted by molar-refractivity contribution is 9.10. The highest BCUT2D eigenvalue weighted by Gasteiger charge is 2.10. The van der Waals surface area contributed by atoms with Crippen molar-refractivity contribution < 1.29 is 4.79 Å². The average molecular weight is 410 g/mol. The fourth-order valence-electron chi connectivity index (χ4n) is 2.91. The third-order valence-corrected chi connectivity index (χ3v) is 4.73. The molecule has 2 aromatic carbocycles. The molecule has 26 heavy (non-hydrogen) atoms. The maximum Gasteiger partial charge on any atom is 0.271 e. The molecule has 1 N–H and O–H groups in total. The fraction of sp³-hybridized carbons (Fsp3) is 0.143. The highest BCUT2D eigenvalue weighted by atomic mass is 79.9. The molecular weight excluding hydrogens is 390 g/mol. The van der Waals surface area contributed by atoms with E-state index in [1.54, 1.807) is 18.3 Å². The summed E-state index contributed by atoms with van der Waals surface area (Å²) in [6, 6.07) is 17.6. The molecule has 132 valence electrons. The number of carbonyl (C=O) groups is 1. The first-order valence-corrected chi connectivity index (χ1v) is 9.10. The summed E-state index contributed by atoms with van der Waals surface area (Å²) in [5.74, 6) is -0.235. The first kappa shape index (κ1) is 18.1. The van der Waals surface area contributed by atoms with Crippen LogP contribution in [0.4, 0.5) is 0 Å². The molecule has 0 aliphatic carbocycles. The summed E-state index contributed by atoms with van der Waals surface area (Å²) in [7, 11) is 0. The second kappa shape index (κ2) is 7.70. The molecular formula is C21H20BrN3O. The molecule has 0 aliphatic rings. The number of amides is 1. The van der Waals surface area contributed by atoms with Gasteiger partial charge >= 0.3 is 0 Å². The number of hydrogen-bond donors (Lipinski definition) is 1. The van der Waals surface area contributed by atoms with E-state index in [4.69, 9.17) is 0 Å². The summed E-state index contributed by atoms with van der Waals surface area (Å²) in [5, 5.41) is 4.12. The molecule has 4 nitrogen and oxygen atoms in total. The van der Waals surface area contributed by atoms with Gasteiger partial charge in [-0.05, 0) is 68.8 Å². The van der Waals surface area contributed by atoms with Crippen molar-refractivity contribution in [1.29, 1.82) is 0 Å². The van der Waals surface area contributed by atoms with Gasteiger partial charge in [0.25, 0.3) is 5.91 Å². The normalized spacial score (nSPS) is 11.1. The predicted octanol–water partition coefficient (Wildman–Crippen LogP) is 4.93. The van der Waals surface area contributed by atoms with Gasteiger partial charge in [-0.15, -0.1) is 0 Å². The minimum absolute atomic E-state index is 0.235. The number of nitrogens with zero attached hydrogens (tertiary/aromatic N) is 2. The Morgan fingerprint density at radius 1 is 1.08 bits per heavy atom. The second-order valence-corrected chi connectivity index (χ2v) is 7.12. The molecule has 0 radical (unpaired) electrons. The largest absolute Gasteiger partial charge is 0.318 e. The van der Waals surface area contributed by atoms with E-state index in [2.05, 4.69) is 75.2 Å². The molecule has 0 saturated carbocycles. The second-order valence-electron chi connectivity index (χ2n) is 6.21. The Labute approximate surface area is 161 Å². The van der Waals surface area contributed by atoms with Gasteiger partial charge in [0, 0.05) is 32.7 Å². The molecule has 1 heterocycles. The van der Waals surface area contributed by atoms with Gasteiger partial charge in [0.15, 0.2) is 0 Å². The zero-order chi connectivity index (χ0) is 18.7. The number of aromatic nitrogens is 1. The smallest absolute Gasteiger partial charge is 0.271 e. The molecule has 0 aliphatic heterocycles. The van der Waals surface area contributed by atoms with Crippen LogP contribution in [0, 0.1) is 20.8 Å². The standard InChI is InChI=1S/C21H20BrN3O/c1-14-5-4-6-20(11-14)25-15(2)12-18(16(25)3)13-23-24-21(26)17-7-9-19(22)10-8-17/h4-13H,1-3H3,(H,24,26)/b23-13-. The molecule has 0 atom stereocenters. The van der Waals surface area contributed by atoms with Gasteiger partial charge in [0.1, 0.15) is 0 Å². The van der Waals surface area contributed by atoms with Crippen molar-refractivity contribution in [2.45, 2.75) is 20.8 Å². The molecule has 0 bridgehead atoms. The van der Waals surface area contributed by atoms with Crippen LogP contribution in [0.3, 0.4) is 0 Å². The zero-order valence-corrected chi connectivity index (χ0v) is 16.5. The van der Waals surface area contributed by atoms with Crippen LogP contribution in [0.2, 0.25) is 0 Å². The van der Waals surface area contributed by atoms with E-state index in [0.29, 0.717) is 5.56 Å². The van der Waals surface area contributed by atoms with Crippen LogP contribution in [-0.2, 0) is 0 Å². The Morgan fingerprint density at radius 2 is 1.81 bits per heavy atom. The van der Waals surface area contributed by atoms with Gasteiger partial charge in [0.2, 0.25) is 0 Å². The quantitative estimate of drug-likeness (QED) is 0.481. The van der Waals surface area contributed by atoms with Crippen LogP contribution in [0.15, 0.2) is 64.2 Å². The minimum atomic E-state index is -0.235. The molecule has 5 heteroatoms. The lowest BCUT2D eigenvalue weighted by molar-refractivity contribution is 0.0955. The number of nitrogens with one attached hydrogen (secondary N) is 1. The Kier molecular flexibility index (Phi) is 5.38. The minimum Gasteiger partial charge on any atom is -0.318 e. The van der Waals surface area contributed by atoms with Gasteiger partial charge < -0.3 is 4.57 Å². The van der Waals surface area contributed by atoms with Gasteiger partial charge in [-0.1, -0.05) is 28.1 Å². The third kappa shape index (κ3) is 3.94. The van der Waals surface area contributed by atoms with Crippen LogP contribution in [-0.4, -0.2) is 16.7 Å². The number of hydrazone groups is 1. The number of halogens is 1. The Bertz CT molecular complexity index is 971. The maximum atomic E-state index is 12.1. The topological polar surface area (TPSA) is 46.4 Å². The van der Waals surface area contributed by atoms with Crippen molar-refractivity contribution in [1.82, 2.24) is 9.99 Å². The molecule has 0 unspecified atom stereocenters. The van der Waals surface area contributed by atoms with E-state index in [1.807, 2.05) is 19.1 Å². The van der Waals surface area contributed by atoms with Crippen LogP contribution in [0.5, 0.6) is 0 Å². The van der Waals surface area contributed by atoms with Crippen LogP contribution in [0.1, 0.15) is 32.9 Å². The maximum absolute atomic E-state index is 12.1. The lowest BCUT2D eigenvalue weighted by Crippen LogP contribution is -2.17. The number of hydrogen-bond acceptors (Lipinski definition) is 2. The molecule has 3 rings (SSSR count).